The molecule has 1 aromatic rings. The molecule has 0 bridgehead atoms. The van der Waals surface area contributed by atoms with Crippen LogP contribution in [-0.2, 0) is 0 Å². The van der Waals surface area contributed by atoms with Crippen molar-refractivity contribution >= 4 is 11.6 Å². The molecule has 2 nitrogen and oxygen atoms in total. The summed E-state index contributed by atoms with van der Waals surface area (Å²) >= 11 is 6.11. The maximum Gasteiger partial charge on any atom is 0.0409 e. The molecule has 0 aromatic heterocycles. The molecule has 2 atom stereocenters. The summed E-state index contributed by atoms with van der Waals surface area (Å²) in [6.45, 7) is 8.05. The van der Waals surface area contributed by atoms with E-state index in [-0.39, 0.29) is 0 Å². The van der Waals surface area contributed by atoms with Crippen molar-refractivity contribution in [1.29, 1.82) is 0 Å². The monoisotopic (exact) mass is 278 g/mol. The van der Waals surface area contributed by atoms with E-state index in [1.807, 2.05) is 6.07 Å². The van der Waals surface area contributed by atoms with Crippen molar-refractivity contribution < 1.29 is 0 Å². The Hall–Kier alpha value is -0.570. The maximum absolute atomic E-state index is 6.11. The highest BCUT2D eigenvalue weighted by molar-refractivity contribution is 6.30. The number of halogens is 1. The lowest BCUT2D eigenvalue weighted by Gasteiger charge is -2.44. The van der Waals surface area contributed by atoms with Crippen LogP contribution in [0.1, 0.15) is 38.3 Å². The van der Waals surface area contributed by atoms with Gasteiger partial charge >= 0.3 is 0 Å². The minimum absolute atomic E-state index is 0.311. The zero-order valence-electron chi connectivity index (χ0n) is 11.8. The Bertz CT molecular complexity index is 458. The number of benzene rings is 1. The van der Waals surface area contributed by atoms with Gasteiger partial charge in [-0.05, 0) is 50.3 Å². The highest BCUT2D eigenvalue weighted by Crippen LogP contribution is 2.41. The zero-order valence-corrected chi connectivity index (χ0v) is 12.6. The first kappa shape index (κ1) is 13.4. The molecule has 1 N–H and O–H groups in total. The largest absolute Gasteiger partial charge is 0.309 e. The van der Waals surface area contributed by atoms with E-state index in [0.717, 1.165) is 30.6 Å². The predicted octanol–water partition coefficient (Wildman–Crippen LogP) is 3.47. The standard InChI is InChI=1S/C16H23ClN2/c1-12(13-4-3-5-15(17)10-13)19-9-8-18-16(2,11-19)14-6-7-14/h3-5,10,12,14,18H,6-9,11H2,1-2H3. The third-order valence-electron chi connectivity index (χ3n) is 4.82. The second-order valence-electron chi connectivity index (χ2n) is 6.32. The average Bonchev–Trinajstić information content (AvgIpc) is 3.22. The molecule has 1 aliphatic carbocycles. The van der Waals surface area contributed by atoms with E-state index >= 15 is 0 Å². The van der Waals surface area contributed by atoms with Crippen LogP contribution in [0.2, 0.25) is 5.02 Å². The van der Waals surface area contributed by atoms with E-state index in [1.165, 1.54) is 18.4 Å². The summed E-state index contributed by atoms with van der Waals surface area (Å²) in [4.78, 5) is 2.60. The number of hydrogen-bond donors (Lipinski definition) is 1. The maximum atomic E-state index is 6.11. The van der Waals surface area contributed by atoms with E-state index in [2.05, 4.69) is 42.3 Å². The molecule has 104 valence electrons. The third-order valence-corrected chi connectivity index (χ3v) is 5.05. The second-order valence-corrected chi connectivity index (χ2v) is 6.76. The molecule has 0 radical (unpaired) electrons. The van der Waals surface area contributed by atoms with Crippen molar-refractivity contribution in [3.05, 3.63) is 34.9 Å². The van der Waals surface area contributed by atoms with Crippen LogP contribution in [0.3, 0.4) is 0 Å². The van der Waals surface area contributed by atoms with Gasteiger partial charge in [0.15, 0.2) is 0 Å². The predicted molar refractivity (Wildman–Crippen MR) is 80.6 cm³/mol. The first-order valence-electron chi connectivity index (χ1n) is 7.33. The number of nitrogens with one attached hydrogen (secondary N) is 1. The van der Waals surface area contributed by atoms with Gasteiger partial charge in [-0.2, -0.15) is 0 Å². The SMILES string of the molecule is CC(c1cccc(Cl)c1)N1CCNC(C)(C2CC2)C1. The topological polar surface area (TPSA) is 15.3 Å². The van der Waals surface area contributed by atoms with Gasteiger partial charge in [0, 0.05) is 36.2 Å². The fraction of sp³-hybridized carbons (Fsp3) is 0.625. The summed E-state index contributed by atoms with van der Waals surface area (Å²) in [6, 6.07) is 8.73. The molecule has 1 heterocycles. The Morgan fingerprint density at radius 1 is 1.42 bits per heavy atom. The normalized spacial score (nSPS) is 30.3. The smallest absolute Gasteiger partial charge is 0.0409 e. The van der Waals surface area contributed by atoms with E-state index < -0.39 is 0 Å². The first-order valence-corrected chi connectivity index (χ1v) is 7.71. The Labute approximate surface area is 121 Å². The van der Waals surface area contributed by atoms with Crippen molar-refractivity contribution in [2.75, 3.05) is 19.6 Å². The van der Waals surface area contributed by atoms with Crippen LogP contribution in [0.5, 0.6) is 0 Å². The summed E-state index contributed by atoms with van der Waals surface area (Å²) in [5, 5.41) is 4.57. The Balaban J connectivity index is 1.74. The van der Waals surface area contributed by atoms with E-state index in [9.17, 15) is 0 Å². The molecule has 0 amide bonds. The van der Waals surface area contributed by atoms with Crippen LogP contribution in [0.25, 0.3) is 0 Å². The van der Waals surface area contributed by atoms with Crippen molar-refractivity contribution in [3.63, 3.8) is 0 Å². The van der Waals surface area contributed by atoms with Crippen LogP contribution >= 0.6 is 11.6 Å². The van der Waals surface area contributed by atoms with Crippen LogP contribution < -0.4 is 5.32 Å². The molecule has 3 heteroatoms. The molecule has 1 saturated heterocycles. The summed E-state index contributed by atoms with van der Waals surface area (Å²) < 4.78 is 0. The van der Waals surface area contributed by atoms with Crippen molar-refractivity contribution in [2.45, 2.75) is 38.3 Å². The number of piperazine rings is 1. The summed E-state index contributed by atoms with van der Waals surface area (Å²) in [6.07, 6.45) is 2.78. The molecule has 0 spiro atoms. The number of rotatable bonds is 3. The van der Waals surface area contributed by atoms with Gasteiger partial charge < -0.3 is 5.32 Å². The van der Waals surface area contributed by atoms with Gasteiger partial charge in [0.25, 0.3) is 0 Å². The van der Waals surface area contributed by atoms with Gasteiger partial charge in [0.1, 0.15) is 0 Å². The molecular formula is C16H23ClN2. The fourth-order valence-electron chi connectivity index (χ4n) is 3.34. The molecule has 2 aliphatic rings. The molecule has 2 fully saturated rings. The summed E-state index contributed by atoms with van der Waals surface area (Å²) in [7, 11) is 0. The lowest BCUT2D eigenvalue weighted by atomic mass is 9.91. The van der Waals surface area contributed by atoms with Crippen LogP contribution in [0.15, 0.2) is 24.3 Å². The molecule has 3 rings (SSSR count). The van der Waals surface area contributed by atoms with Gasteiger partial charge in [0.05, 0.1) is 0 Å². The summed E-state index contributed by atoms with van der Waals surface area (Å²) in [5.74, 6) is 0.877. The number of nitrogens with zero attached hydrogens (tertiary/aromatic N) is 1. The average molecular weight is 279 g/mol. The molecular weight excluding hydrogens is 256 g/mol. The van der Waals surface area contributed by atoms with Crippen LogP contribution in [-0.4, -0.2) is 30.1 Å². The highest BCUT2D eigenvalue weighted by atomic mass is 35.5. The minimum atomic E-state index is 0.311. The van der Waals surface area contributed by atoms with Crippen LogP contribution in [0, 0.1) is 5.92 Å². The van der Waals surface area contributed by atoms with Crippen molar-refractivity contribution in [2.24, 2.45) is 5.92 Å². The van der Waals surface area contributed by atoms with Gasteiger partial charge in [-0.1, -0.05) is 23.7 Å². The van der Waals surface area contributed by atoms with E-state index in [0.29, 0.717) is 11.6 Å². The van der Waals surface area contributed by atoms with E-state index in [4.69, 9.17) is 11.6 Å². The second kappa shape index (κ2) is 5.08. The summed E-state index contributed by atoms with van der Waals surface area (Å²) in [5.41, 5.74) is 1.64. The Kier molecular flexibility index (Phi) is 3.59. The highest BCUT2D eigenvalue weighted by Gasteiger charge is 2.44. The van der Waals surface area contributed by atoms with Crippen molar-refractivity contribution in [3.8, 4) is 0 Å². The van der Waals surface area contributed by atoms with Gasteiger partial charge in [0.2, 0.25) is 0 Å². The van der Waals surface area contributed by atoms with Gasteiger partial charge in [-0.25, -0.2) is 0 Å². The fourth-order valence-corrected chi connectivity index (χ4v) is 3.54. The Morgan fingerprint density at radius 2 is 2.21 bits per heavy atom. The van der Waals surface area contributed by atoms with Crippen molar-refractivity contribution in [1.82, 2.24) is 10.2 Å². The molecule has 1 aromatic carbocycles. The Morgan fingerprint density at radius 3 is 2.89 bits per heavy atom. The molecule has 1 saturated carbocycles. The van der Waals surface area contributed by atoms with Gasteiger partial charge in [-0.15, -0.1) is 0 Å². The molecule has 2 unspecified atom stereocenters. The third kappa shape index (κ3) is 2.81. The molecule has 1 aliphatic heterocycles. The van der Waals surface area contributed by atoms with Gasteiger partial charge in [-0.3, -0.25) is 4.90 Å². The van der Waals surface area contributed by atoms with Crippen LogP contribution in [0.4, 0.5) is 0 Å². The first-order chi connectivity index (χ1) is 9.08. The molecule has 19 heavy (non-hydrogen) atoms. The lowest BCUT2D eigenvalue weighted by molar-refractivity contribution is 0.0946. The minimum Gasteiger partial charge on any atom is -0.309 e. The lowest BCUT2D eigenvalue weighted by Crippen LogP contribution is -2.60. The quantitative estimate of drug-likeness (QED) is 0.911. The zero-order chi connectivity index (χ0) is 13.5. The number of hydrogen-bond acceptors (Lipinski definition) is 2. The van der Waals surface area contributed by atoms with E-state index in [1.54, 1.807) is 0 Å².